The van der Waals surface area contributed by atoms with E-state index < -0.39 is 0 Å². The number of carbonyl (C=O) groups is 1. The van der Waals surface area contributed by atoms with Gasteiger partial charge in [-0.1, -0.05) is 19.1 Å². The topological polar surface area (TPSA) is 32.3 Å². The lowest BCUT2D eigenvalue weighted by Crippen LogP contribution is -2.41. The van der Waals surface area contributed by atoms with E-state index in [4.69, 9.17) is 0 Å². The first kappa shape index (κ1) is 12.4. The number of urea groups is 1. The normalized spacial score (nSPS) is 20.1. The average molecular weight is 297 g/mol. The molecule has 0 unspecified atom stereocenters. The predicted molar refractivity (Wildman–Crippen MR) is 73.1 cm³/mol. The summed E-state index contributed by atoms with van der Waals surface area (Å²) in [6.45, 7) is 3.91. The summed E-state index contributed by atoms with van der Waals surface area (Å²) in [6.07, 6.45) is 2.32. The standard InChI is InChI=1S/C13H17BrN2O/c1-10-5-4-8-16(9-10)13(17)15-12-7-3-2-6-11(12)14/h2-3,6-7,10H,4-5,8-9H2,1H3,(H,15,17)/t10-/m0/s1. The van der Waals surface area contributed by atoms with Crippen molar-refractivity contribution in [2.45, 2.75) is 19.8 Å². The first-order valence-corrected chi connectivity index (χ1v) is 6.76. The highest BCUT2D eigenvalue weighted by Gasteiger charge is 2.21. The number of para-hydroxylation sites is 1. The predicted octanol–water partition coefficient (Wildman–Crippen LogP) is 3.71. The van der Waals surface area contributed by atoms with Crippen LogP contribution in [-0.4, -0.2) is 24.0 Å². The van der Waals surface area contributed by atoms with Crippen LogP contribution in [-0.2, 0) is 0 Å². The number of nitrogens with zero attached hydrogens (tertiary/aromatic N) is 1. The van der Waals surface area contributed by atoms with Crippen molar-refractivity contribution in [3.8, 4) is 0 Å². The van der Waals surface area contributed by atoms with Gasteiger partial charge in [-0.15, -0.1) is 0 Å². The van der Waals surface area contributed by atoms with Gasteiger partial charge in [-0.25, -0.2) is 4.79 Å². The van der Waals surface area contributed by atoms with E-state index in [1.165, 1.54) is 6.42 Å². The van der Waals surface area contributed by atoms with Gasteiger partial charge in [-0.05, 0) is 46.8 Å². The number of amides is 2. The van der Waals surface area contributed by atoms with E-state index in [1.807, 2.05) is 29.2 Å². The second-order valence-electron chi connectivity index (χ2n) is 4.60. The molecule has 1 saturated heterocycles. The summed E-state index contributed by atoms with van der Waals surface area (Å²) >= 11 is 3.43. The summed E-state index contributed by atoms with van der Waals surface area (Å²) in [5, 5.41) is 2.94. The number of hydrogen-bond donors (Lipinski definition) is 1. The monoisotopic (exact) mass is 296 g/mol. The van der Waals surface area contributed by atoms with Crippen LogP contribution in [0.5, 0.6) is 0 Å². The minimum Gasteiger partial charge on any atom is -0.324 e. The van der Waals surface area contributed by atoms with Gasteiger partial charge in [0.05, 0.1) is 5.69 Å². The molecule has 4 heteroatoms. The Morgan fingerprint density at radius 2 is 2.24 bits per heavy atom. The molecule has 1 atom stereocenters. The van der Waals surface area contributed by atoms with Crippen LogP contribution in [0, 0.1) is 5.92 Å². The summed E-state index contributed by atoms with van der Waals surface area (Å²) in [5.41, 5.74) is 0.829. The van der Waals surface area contributed by atoms with Crippen molar-refractivity contribution in [3.63, 3.8) is 0 Å². The van der Waals surface area contributed by atoms with Crippen molar-refractivity contribution in [3.05, 3.63) is 28.7 Å². The number of anilines is 1. The Labute approximate surface area is 110 Å². The van der Waals surface area contributed by atoms with Crippen LogP contribution in [0.2, 0.25) is 0 Å². The van der Waals surface area contributed by atoms with E-state index in [9.17, 15) is 4.79 Å². The van der Waals surface area contributed by atoms with Crippen LogP contribution >= 0.6 is 15.9 Å². The highest BCUT2D eigenvalue weighted by atomic mass is 79.9. The summed E-state index contributed by atoms with van der Waals surface area (Å²) in [5.74, 6) is 0.605. The number of benzene rings is 1. The Hall–Kier alpha value is -1.03. The van der Waals surface area contributed by atoms with Crippen LogP contribution < -0.4 is 5.32 Å². The SMILES string of the molecule is C[C@H]1CCCN(C(=O)Nc2ccccc2Br)C1. The Morgan fingerprint density at radius 3 is 2.94 bits per heavy atom. The summed E-state index contributed by atoms with van der Waals surface area (Å²) in [4.78, 5) is 14.0. The van der Waals surface area contributed by atoms with Crippen molar-refractivity contribution < 1.29 is 4.79 Å². The van der Waals surface area contributed by atoms with Gasteiger partial charge in [0.15, 0.2) is 0 Å². The summed E-state index contributed by atoms with van der Waals surface area (Å²) in [6, 6.07) is 7.68. The van der Waals surface area contributed by atoms with E-state index in [0.717, 1.165) is 29.7 Å². The van der Waals surface area contributed by atoms with E-state index in [0.29, 0.717) is 5.92 Å². The van der Waals surface area contributed by atoms with Crippen LogP contribution in [0.3, 0.4) is 0 Å². The van der Waals surface area contributed by atoms with Crippen molar-refractivity contribution in [1.82, 2.24) is 4.90 Å². The van der Waals surface area contributed by atoms with Crippen molar-refractivity contribution >= 4 is 27.6 Å². The lowest BCUT2D eigenvalue weighted by Gasteiger charge is -2.31. The molecule has 1 aliphatic rings. The molecule has 0 aliphatic carbocycles. The molecule has 92 valence electrons. The fourth-order valence-corrected chi connectivity index (χ4v) is 2.51. The largest absolute Gasteiger partial charge is 0.324 e. The second-order valence-corrected chi connectivity index (χ2v) is 5.46. The van der Waals surface area contributed by atoms with E-state index in [-0.39, 0.29) is 6.03 Å². The van der Waals surface area contributed by atoms with Crippen LogP contribution in [0.4, 0.5) is 10.5 Å². The molecule has 0 aromatic heterocycles. The van der Waals surface area contributed by atoms with Crippen molar-refractivity contribution in [1.29, 1.82) is 0 Å². The van der Waals surface area contributed by atoms with Gasteiger partial charge in [0, 0.05) is 17.6 Å². The smallest absolute Gasteiger partial charge is 0.321 e. The van der Waals surface area contributed by atoms with Crippen molar-refractivity contribution in [2.75, 3.05) is 18.4 Å². The van der Waals surface area contributed by atoms with Gasteiger partial charge < -0.3 is 10.2 Å². The first-order valence-electron chi connectivity index (χ1n) is 5.97. The molecule has 1 aromatic carbocycles. The maximum atomic E-state index is 12.1. The van der Waals surface area contributed by atoms with Crippen LogP contribution in [0.15, 0.2) is 28.7 Å². The zero-order valence-corrected chi connectivity index (χ0v) is 11.5. The highest BCUT2D eigenvalue weighted by molar-refractivity contribution is 9.10. The fourth-order valence-electron chi connectivity index (χ4n) is 2.13. The summed E-state index contributed by atoms with van der Waals surface area (Å²) < 4.78 is 0.915. The maximum Gasteiger partial charge on any atom is 0.321 e. The molecule has 0 spiro atoms. The number of halogens is 1. The minimum absolute atomic E-state index is 0.00319. The average Bonchev–Trinajstić information content (AvgIpc) is 2.32. The number of nitrogens with one attached hydrogen (secondary N) is 1. The molecule has 1 aliphatic heterocycles. The zero-order valence-electron chi connectivity index (χ0n) is 9.95. The molecule has 3 nitrogen and oxygen atoms in total. The molecular formula is C13H17BrN2O. The molecule has 0 saturated carbocycles. The molecule has 1 N–H and O–H groups in total. The van der Waals surface area contributed by atoms with Crippen LogP contribution in [0.1, 0.15) is 19.8 Å². The molecule has 2 rings (SSSR count). The number of rotatable bonds is 1. The Morgan fingerprint density at radius 1 is 1.47 bits per heavy atom. The zero-order chi connectivity index (χ0) is 12.3. The molecule has 1 fully saturated rings. The number of likely N-dealkylation sites (tertiary alicyclic amines) is 1. The van der Waals surface area contributed by atoms with E-state index >= 15 is 0 Å². The first-order chi connectivity index (χ1) is 8.16. The van der Waals surface area contributed by atoms with E-state index in [1.54, 1.807) is 0 Å². The van der Waals surface area contributed by atoms with E-state index in [2.05, 4.69) is 28.2 Å². The molecule has 2 amide bonds. The van der Waals surface area contributed by atoms with Gasteiger partial charge in [0.25, 0.3) is 0 Å². The lowest BCUT2D eigenvalue weighted by atomic mass is 10.0. The van der Waals surface area contributed by atoms with Crippen LogP contribution in [0.25, 0.3) is 0 Å². The highest BCUT2D eigenvalue weighted by Crippen LogP contribution is 2.22. The molecule has 17 heavy (non-hydrogen) atoms. The van der Waals surface area contributed by atoms with Crippen molar-refractivity contribution in [2.24, 2.45) is 5.92 Å². The Balaban J connectivity index is 1.99. The number of carbonyl (C=O) groups excluding carboxylic acids is 1. The van der Waals surface area contributed by atoms with Gasteiger partial charge in [0.2, 0.25) is 0 Å². The van der Waals surface area contributed by atoms with Gasteiger partial charge >= 0.3 is 6.03 Å². The number of hydrogen-bond acceptors (Lipinski definition) is 1. The van der Waals surface area contributed by atoms with Gasteiger partial charge in [-0.3, -0.25) is 0 Å². The molecular weight excluding hydrogens is 280 g/mol. The molecule has 0 bridgehead atoms. The third kappa shape index (κ3) is 3.22. The third-order valence-electron chi connectivity index (χ3n) is 3.06. The second kappa shape index (κ2) is 5.54. The fraction of sp³-hybridized carbons (Fsp3) is 0.462. The Bertz CT molecular complexity index is 408. The minimum atomic E-state index is 0.00319. The molecule has 0 radical (unpaired) electrons. The Kier molecular flexibility index (Phi) is 4.05. The third-order valence-corrected chi connectivity index (χ3v) is 3.75. The quantitative estimate of drug-likeness (QED) is 0.842. The maximum absolute atomic E-state index is 12.1. The van der Waals surface area contributed by atoms with Gasteiger partial charge in [0.1, 0.15) is 0 Å². The molecule has 1 aromatic rings. The summed E-state index contributed by atoms with van der Waals surface area (Å²) in [7, 11) is 0. The number of piperidine rings is 1. The van der Waals surface area contributed by atoms with Gasteiger partial charge in [-0.2, -0.15) is 0 Å². The molecule has 1 heterocycles. The lowest BCUT2D eigenvalue weighted by molar-refractivity contribution is 0.182.